The largest absolute Gasteiger partial charge is 1.00 e. The number of carbonyl (C=O) groups excluding carboxylic acids is 6. The zero-order chi connectivity index (χ0) is 90.8. The molecule has 700 valence electrons. The van der Waals surface area contributed by atoms with E-state index in [1.165, 1.54) is 72.5 Å². The van der Waals surface area contributed by atoms with E-state index in [1.54, 1.807) is 50.9 Å². The van der Waals surface area contributed by atoms with E-state index in [-0.39, 0.29) is 192 Å². The summed E-state index contributed by atoms with van der Waals surface area (Å²) in [4.78, 5) is 108. The van der Waals surface area contributed by atoms with Crippen molar-refractivity contribution in [2.75, 3.05) is 55.8 Å². The average Bonchev–Trinajstić information content (AvgIpc) is 1.74. The van der Waals surface area contributed by atoms with Gasteiger partial charge in [0.15, 0.2) is 0 Å². The summed E-state index contributed by atoms with van der Waals surface area (Å²) in [6.45, 7) is 4.02. The van der Waals surface area contributed by atoms with Gasteiger partial charge in [-0.3, -0.25) is 4.79 Å². The third kappa shape index (κ3) is 34.5. The number of nitriles is 5. The van der Waals surface area contributed by atoms with Gasteiger partial charge in [-0.15, -0.1) is 0 Å². The smallest absolute Gasteiger partial charge is 1.00 e. The number of hydrogen-bond donors (Lipinski definition) is 10. The number of anilines is 4. The molecule has 132 heavy (non-hydrogen) atoms. The normalized spacial score (nSPS) is 19.0. The fourth-order valence-corrected chi connectivity index (χ4v) is 17.9. The molecule has 0 spiro atoms. The predicted octanol–water partition coefficient (Wildman–Crippen LogP) is 13.6. The van der Waals surface area contributed by atoms with Crippen LogP contribution in [0.15, 0.2) is 92.3 Å². The topological polar surface area (TPSA) is 517 Å². The number of nitrogens with two attached hydrogens (primary N) is 1. The molecule has 0 aromatic carbocycles. The molecule has 36 heteroatoms. The van der Waals surface area contributed by atoms with Crippen molar-refractivity contribution in [2.24, 2.45) is 35.3 Å². The first-order valence-electron chi connectivity index (χ1n) is 43.8. The number of nitrogens with one attached hydrogen (secondary N) is 9. The van der Waals surface area contributed by atoms with Gasteiger partial charge in [-0.25, -0.2) is 48.9 Å². The van der Waals surface area contributed by atoms with Crippen LogP contribution >= 0.6 is 11.6 Å². The number of H-pyrrole nitrogens is 5. The van der Waals surface area contributed by atoms with Gasteiger partial charge in [0.2, 0.25) is 0 Å². The third-order valence-electron chi connectivity index (χ3n) is 23.8. The van der Waals surface area contributed by atoms with Crippen molar-refractivity contribution in [1.29, 1.82) is 26.3 Å². The molecule has 0 radical (unpaired) electrons. The Kier molecular flexibility index (Phi) is 54.9. The van der Waals surface area contributed by atoms with Gasteiger partial charge in [0, 0.05) is 151 Å². The van der Waals surface area contributed by atoms with Gasteiger partial charge < -0.3 is 87.2 Å². The second kappa shape index (κ2) is 62.7. The summed E-state index contributed by atoms with van der Waals surface area (Å²) in [6.07, 6.45) is 47.2. The predicted molar refractivity (Wildman–Crippen MR) is 502 cm³/mol. The Labute approximate surface area is 898 Å². The van der Waals surface area contributed by atoms with Crippen LogP contribution in [0.3, 0.4) is 0 Å². The Balaban J connectivity index is 0.000000410. The molecule has 10 atom stereocenters. The maximum Gasteiger partial charge on any atom is 1.00 e. The molecule has 0 amide bonds. The van der Waals surface area contributed by atoms with Gasteiger partial charge >= 0.3 is 168 Å². The third-order valence-corrected chi connectivity index (χ3v) is 24.2. The number of ether oxygens (including phenoxy) is 5. The zero-order valence-electron chi connectivity index (χ0n) is 75.9. The van der Waals surface area contributed by atoms with E-state index in [1.807, 2.05) is 49.1 Å². The van der Waals surface area contributed by atoms with Crippen LogP contribution in [0.4, 0.5) is 22.7 Å². The van der Waals surface area contributed by atoms with Gasteiger partial charge in [0.1, 0.15) is 50.5 Å². The number of fused-ring (bicyclic) bond motifs is 5. The summed E-state index contributed by atoms with van der Waals surface area (Å²) in [6, 6.07) is 22.2. The van der Waals surface area contributed by atoms with Crippen LogP contribution in [0, 0.1) is 86.2 Å². The molecule has 5 aliphatic carbocycles. The van der Waals surface area contributed by atoms with Crippen molar-refractivity contribution in [3.63, 3.8) is 0 Å². The molecule has 33 nitrogen and oxygen atoms in total. The molecule has 11 N–H and O–H groups in total. The van der Waals surface area contributed by atoms with Crippen molar-refractivity contribution in [2.45, 2.75) is 259 Å². The molecule has 5 aliphatic rings. The SMILES string of the molecule is C.C.C.CCOC(=O)c1cnc2[nH]ccc2c1Cl.CCOC(=O)c1cnc2[nH]ccc2c1NC1CCCC(CCC#N)C1.COC(=O)c1cnc2[nH]ccc2c1NC1CCCC(CCC#N)C1.COC(=O)c1cnc2[nH]ccc2c1N[C@@H]1CCC[C@H](CCC#N)C1.COC(=O)c1cnc2[nH]ccc2c1N[C@H]1CCC[C@H](CCC#N)C1.N#CCCC1CCCC(N)C1.O=CO[O-].[Cs+].[Cs+].[H-]. The van der Waals surface area contributed by atoms with Gasteiger partial charge in [0.25, 0.3) is 6.47 Å². The Morgan fingerprint density at radius 2 is 0.652 bits per heavy atom. The molecule has 5 fully saturated rings. The number of nitrogens with zero attached hydrogens (tertiary/aromatic N) is 10. The number of hydrogen-bond acceptors (Lipinski definition) is 28. The second-order valence-corrected chi connectivity index (χ2v) is 32.6. The Morgan fingerprint density at radius 3 is 0.902 bits per heavy atom. The van der Waals surface area contributed by atoms with Crippen LogP contribution < -0.4 is 170 Å². The van der Waals surface area contributed by atoms with Crippen molar-refractivity contribution < 1.29 is 202 Å². The van der Waals surface area contributed by atoms with Crippen LogP contribution in [-0.4, -0.2) is 151 Å². The summed E-state index contributed by atoms with van der Waals surface area (Å²) in [7, 11) is 4.14. The van der Waals surface area contributed by atoms with E-state index in [0.717, 1.165) is 194 Å². The van der Waals surface area contributed by atoms with Gasteiger partial charge in [-0.05, 0) is 170 Å². The van der Waals surface area contributed by atoms with Crippen LogP contribution in [0.2, 0.25) is 5.02 Å². The maximum absolute atomic E-state index is 12.3. The van der Waals surface area contributed by atoms with Crippen molar-refractivity contribution in [1.82, 2.24) is 49.8 Å². The van der Waals surface area contributed by atoms with Crippen LogP contribution in [0.1, 0.15) is 282 Å². The Bertz CT molecular complexity index is 5150. The number of aromatic amines is 5. The molecule has 0 aliphatic heterocycles. The standard InChI is InChI=1S/C19H24N4O2.3C18H22N4O2.C10H9ClN2O2.C9H16N2.CH2O3.3CH4.2Cs.H/c1-2-25-19(24)16-12-22-18-15(8-10-21-18)17(16)23-14-7-3-5-13(11-14)6-4-9-20;3*1-24-18(23)15-11-21-17-14(7-9-20-17)16(15)22-13-6-2-4-12(10-13)5-3-8-19;1-2-15-10(14)7-5-13-9-6(8(7)11)3-4-12-9;10-6-2-4-8-3-1-5-9(11)7-8;2-1-4-3;;;;;;/h8,10,12-14H,2-7,11H2,1H3,(H2,21,22,23);3*7,9,11-13H,2-6,10H2,1H3,(H2,20,21,22);3-5H,2H2,1H3,(H,12,13);8-9H,1-5,7,11H2;1,3H;3*1H4;;;/q;;;;;;;;;;2*+1;-1/p-1/t;12-,13+;12-,13-;;;;;;;;;;/m.11........../s1. The molecule has 15 rings (SSSR count). The number of aromatic nitrogens is 10. The molecule has 0 saturated heterocycles. The first kappa shape index (κ1) is 116. The average molecular weight is 2070 g/mol. The number of halogens is 1. The molecule has 0 bridgehead atoms. The Morgan fingerprint density at radius 1 is 0.417 bits per heavy atom. The number of carbonyl (C=O) groups is 6. The Hall–Kier alpha value is -8.77. The quantitative estimate of drug-likeness (QED) is 0.00791. The first-order chi connectivity index (χ1) is 61.9. The minimum Gasteiger partial charge on any atom is -1.00 e. The monoisotopic (exact) mass is 2070 g/mol. The van der Waals surface area contributed by atoms with Gasteiger partial charge in [0.05, 0.1) is 98.2 Å². The fraction of sp³-hybridized carbons (Fsp3) is 0.521. The molecular weight excluding hydrogens is 1940 g/mol. The number of esters is 5. The van der Waals surface area contributed by atoms with E-state index in [0.29, 0.717) is 138 Å². The molecule has 10 aromatic rings. The minimum absolute atomic E-state index is 0. The summed E-state index contributed by atoms with van der Waals surface area (Å²) < 4.78 is 24.8. The van der Waals surface area contributed by atoms with Crippen LogP contribution in [0.25, 0.3) is 55.2 Å². The second-order valence-electron chi connectivity index (χ2n) is 32.3. The molecule has 10 heterocycles. The minimum atomic E-state index is -0.446. The molecule has 6 unspecified atom stereocenters. The number of rotatable bonds is 26. The molecule has 10 aromatic heterocycles. The van der Waals surface area contributed by atoms with E-state index in [4.69, 9.17) is 77.4 Å². The van der Waals surface area contributed by atoms with Crippen molar-refractivity contribution in [3.05, 3.63) is 125 Å². The summed E-state index contributed by atoms with van der Waals surface area (Å²) in [5.41, 5.74) is 14.8. The number of methoxy groups -OCH3 is 3. The van der Waals surface area contributed by atoms with Gasteiger partial charge in [-0.1, -0.05) is 98.1 Å². The van der Waals surface area contributed by atoms with Crippen molar-refractivity contribution in [3.8, 4) is 30.3 Å². The molecular formula is C96H129ClCs2N20O13. The van der Waals surface area contributed by atoms with E-state index in [2.05, 4.69) is 106 Å². The van der Waals surface area contributed by atoms with Gasteiger partial charge in [-0.2, -0.15) is 26.3 Å². The van der Waals surface area contributed by atoms with Crippen LogP contribution in [0.5, 0.6) is 0 Å². The van der Waals surface area contributed by atoms with E-state index < -0.39 is 5.97 Å². The number of pyridine rings is 5. The summed E-state index contributed by atoms with van der Waals surface area (Å²) >= 11 is 6.05. The summed E-state index contributed by atoms with van der Waals surface area (Å²) in [5, 5.41) is 71.0. The van der Waals surface area contributed by atoms with Crippen LogP contribution in [-0.2, 0) is 33.4 Å². The fourth-order valence-electron chi connectivity index (χ4n) is 17.6. The van der Waals surface area contributed by atoms with E-state index >= 15 is 0 Å². The van der Waals surface area contributed by atoms with Crippen molar-refractivity contribution >= 4 is 126 Å². The summed E-state index contributed by atoms with van der Waals surface area (Å²) in [5.74, 6) is 1.07. The zero-order valence-corrected chi connectivity index (χ0v) is 88.2. The van der Waals surface area contributed by atoms with E-state index in [9.17, 15) is 24.0 Å². The first-order valence-corrected chi connectivity index (χ1v) is 44.2. The molecule has 5 saturated carbocycles. The maximum atomic E-state index is 12.3.